The third-order valence-corrected chi connectivity index (χ3v) is 2.78. The summed E-state index contributed by atoms with van der Waals surface area (Å²) in [7, 11) is 0. The fraction of sp³-hybridized carbons (Fsp3) is 0.467. The highest BCUT2D eigenvalue weighted by Crippen LogP contribution is 2.12. The lowest BCUT2D eigenvalue weighted by Gasteiger charge is -2.16. The number of rotatable bonds is 8. The third kappa shape index (κ3) is 5.72. The molecule has 5 nitrogen and oxygen atoms in total. The molecule has 0 aliphatic rings. The maximum atomic E-state index is 11.1. The summed E-state index contributed by atoms with van der Waals surface area (Å²) in [5, 5.41) is 20.6. The van der Waals surface area contributed by atoms with E-state index in [0.29, 0.717) is 24.6 Å². The molecule has 0 fully saturated rings. The van der Waals surface area contributed by atoms with Crippen molar-refractivity contribution in [1.82, 2.24) is 5.32 Å². The first-order valence-electron chi connectivity index (χ1n) is 6.57. The van der Waals surface area contributed by atoms with Crippen LogP contribution in [0.4, 0.5) is 0 Å². The van der Waals surface area contributed by atoms with Gasteiger partial charge in [-0.1, -0.05) is 26.0 Å². The van der Waals surface area contributed by atoms with Gasteiger partial charge < -0.3 is 15.2 Å². The van der Waals surface area contributed by atoms with Crippen molar-refractivity contribution in [2.45, 2.75) is 32.9 Å². The molecule has 0 spiro atoms. The van der Waals surface area contributed by atoms with E-state index in [-0.39, 0.29) is 6.61 Å². The molecule has 5 heteroatoms. The summed E-state index contributed by atoms with van der Waals surface area (Å²) in [5.41, 5.74) is 0.976. The molecule has 0 aliphatic heterocycles. The Hall–Kier alpha value is -2.06. The Morgan fingerprint density at radius 3 is 2.55 bits per heavy atom. The predicted octanol–water partition coefficient (Wildman–Crippen LogP) is 2.18. The number of benzene rings is 1. The number of hydrogen-bond acceptors (Lipinski definition) is 4. The number of carboxylic acids is 1. The van der Waals surface area contributed by atoms with Gasteiger partial charge in [0.2, 0.25) is 0 Å². The van der Waals surface area contributed by atoms with Crippen molar-refractivity contribution >= 4 is 5.97 Å². The van der Waals surface area contributed by atoms with Crippen LogP contribution >= 0.6 is 0 Å². The van der Waals surface area contributed by atoms with Gasteiger partial charge in [0.15, 0.2) is 6.61 Å². The van der Waals surface area contributed by atoms with Gasteiger partial charge >= 0.3 is 5.97 Å². The number of ether oxygens (including phenoxy) is 1. The van der Waals surface area contributed by atoms with Crippen LogP contribution in [0.25, 0.3) is 0 Å². The Morgan fingerprint density at radius 2 is 2.05 bits per heavy atom. The van der Waals surface area contributed by atoms with Crippen LogP contribution < -0.4 is 10.1 Å². The van der Waals surface area contributed by atoms with Gasteiger partial charge in [0, 0.05) is 6.54 Å². The van der Waals surface area contributed by atoms with Crippen molar-refractivity contribution in [3.63, 3.8) is 0 Å². The summed E-state index contributed by atoms with van der Waals surface area (Å²) >= 11 is 0. The SMILES string of the molecule is CC(C)CC(NCc1ccc(OCC#N)cc1)C(=O)O. The maximum absolute atomic E-state index is 11.1. The molecule has 0 saturated carbocycles. The van der Waals surface area contributed by atoms with E-state index in [1.54, 1.807) is 12.1 Å². The zero-order chi connectivity index (χ0) is 15.0. The molecule has 0 saturated heterocycles. The smallest absolute Gasteiger partial charge is 0.320 e. The van der Waals surface area contributed by atoms with E-state index in [1.807, 2.05) is 32.0 Å². The summed E-state index contributed by atoms with van der Waals surface area (Å²) < 4.78 is 5.15. The van der Waals surface area contributed by atoms with Crippen LogP contribution in [0.15, 0.2) is 24.3 Å². The minimum Gasteiger partial charge on any atom is -0.480 e. The fourth-order valence-electron chi connectivity index (χ4n) is 1.80. The normalized spacial score (nSPS) is 11.9. The lowest BCUT2D eigenvalue weighted by Crippen LogP contribution is -2.37. The van der Waals surface area contributed by atoms with Gasteiger partial charge in [-0.25, -0.2) is 0 Å². The van der Waals surface area contributed by atoms with Gasteiger partial charge in [0.1, 0.15) is 17.9 Å². The molecule has 108 valence electrons. The Kier molecular flexibility index (Phi) is 6.54. The van der Waals surface area contributed by atoms with Crippen LogP contribution in [-0.4, -0.2) is 23.7 Å². The Bertz CT molecular complexity index is 463. The maximum Gasteiger partial charge on any atom is 0.320 e. The largest absolute Gasteiger partial charge is 0.480 e. The summed E-state index contributed by atoms with van der Waals surface area (Å²) in [6.45, 7) is 4.51. The topological polar surface area (TPSA) is 82.3 Å². The number of aliphatic carboxylic acids is 1. The fourth-order valence-corrected chi connectivity index (χ4v) is 1.80. The lowest BCUT2D eigenvalue weighted by atomic mass is 10.0. The number of nitrogens with zero attached hydrogens (tertiary/aromatic N) is 1. The van der Waals surface area contributed by atoms with E-state index in [9.17, 15) is 4.79 Å². The van der Waals surface area contributed by atoms with Gasteiger partial charge in [0.25, 0.3) is 0 Å². The van der Waals surface area contributed by atoms with E-state index >= 15 is 0 Å². The standard InChI is InChI=1S/C15H20N2O3/c1-11(2)9-14(15(18)19)17-10-12-3-5-13(6-4-12)20-8-7-16/h3-6,11,14,17H,8-10H2,1-2H3,(H,18,19). The second-order valence-electron chi connectivity index (χ2n) is 4.99. The van der Waals surface area contributed by atoms with Crippen molar-refractivity contribution in [2.75, 3.05) is 6.61 Å². The summed E-state index contributed by atoms with van der Waals surface area (Å²) in [6.07, 6.45) is 0.596. The number of nitrogens with one attached hydrogen (secondary N) is 1. The molecule has 20 heavy (non-hydrogen) atoms. The molecule has 1 atom stereocenters. The first-order chi connectivity index (χ1) is 9.52. The van der Waals surface area contributed by atoms with Crippen molar-refractivity contribution in [3.05, 3.63) is 29.8 Å². The van der Waals surface area contributed by atoms with Gasteiger partial charge in [-0.3, -0.25) is 4.79 Å². The van der Waals surface area contributed by atoms with Crippen molar-refractivity contribution in [3.8, 4) is 11.8 Å². The Morgan fingerprint density at radius 1 is 1.40 bits per heavy atom. The minimum atomic E-state index is -0.826. The second kappa shape index (κ2) is 8.18. The molecule has 0 amide bonds. The highest BCUT2D eigenvalue weighted by Gasteiger charge is 2.17. The van der Waals surface area contributed by atoms with E-state index < -0.39 is 12.0 Å². The molecule has 0 aliphatic carbocycles. The van der Waals surface area contributed by atoms with E-state index in [2.05, 4.69) is 5.32 Å². The van der Waals surface area contributed by atoms with E-state index in [0.717, 1.165) is 5.56 Å². The molecule has 1 unspecified atom stereocenters. The van der Waals surface area contributed by atoms with Gasteiger partial charge in [0.05, 0.1) is 0 Å². The second-order valence-corrected chi connectivity index (χ2v) is 4.99. The van der Waals surface area contributed by atoms with Crippen LogP contribution in [0.5, 0.6) is 5.75 Å². The molecule has 1 rings (SSSR count). The first-order valence-corrected chi connectivity index (χ1v) is 6.57. The average molecular weight is 276 g/mol. The summed E-state index contributed by atoms with van der Waals surface area (Å²) in [4.78, 5) is 11.1. The van der Waals surface area contributed by atoms with Crippen LogP contribution in [0.3, 0.4) is 0 Å². The molecular weight excluding hydrogens is 256 g/mol. The predicted molar refractivity (Wildman–Crippen MR) is 75.3 cm³/mol. The van der Waals surface area contributed by atoms with Gasteiger partial charge in [-0.2, -0.15) is 5.26 Å². The Balaban J connectivity index is 2.51. The van der Waals surface area contributed by atoms with E-state index in [4.69, 9.17) is 15.1 Å². The molecule has 1 aromatic rings. The van der Waals surface area contributed by atoms with Crippen LogP contribution in [0, 0.1) is 17.2 Å². The highest BCUT2D eigenvalue weighted by molar-refractivity contribution is 5.73. The average Bonchev–Trinajstić information content (AvgIpc) is 2.41. The zero-order valence-electron chi connectivity index (χ0n) is 11.8. The third-order valence-electron chi connectivity index (χ3n) is 2.78. The van der Waals surface area contributed by atoms with Crippen LogP contribution in [0.1, 0.15) is 25.8 Å². The van der Waals surface area contributed by atoms with Gasteiger partial charge in [-0.15, -0.1) is 0 Å². The molecule has 1 aromatic carbocycles. The summed E-state index contributed by atoms with van der Waals surface area (Å²) in [6, 6.07) is 8.62. The molecule has 0 heterocycles. The monoisotopic (exact) mass is 276 g/mol. The highest BCUT2D eigenvalue weighted by atomic mass is 16.5. The minimum absolute atomic E-state index is 0.0209. The first kappa shape index (κ1) is 16.0. The molecular formula is C15H20N2O3. The summed E-state index contributed by atoms with van der Waals surface area (Å²) in [5.74, 6) is 0.130. The number of carboxylic acid groups (broad SMARTS) is 1. The van der Waals surface area contributed by atoms with E-state index in [1.165, 1.54) is 0 Å². The van der Waals surface area contributed by atoms with Crippen LogP contribution in [-0.2, 0) is 11.3 Å². The van der Waals surface area contributed by atoms with Crippen molar-refractivity contribution in [1.29, 1.82) is 5.26 Å². The molecule has 2 N–H and O–H groups in total. The van der Waals surface area contributed by atoms with Crippen LogP contribution in [0.2, 0.25) is 0 Å². The van der Waals surface area contributed by atoms with Crippen molar-refractivity contribution in [2.24, 2.45) is 5.92 Å². The quantitative estimate of drug-likeness (QED) is 0.760. The number of nitriles is 1. The lowest BCUT2D eigenvalue weighted by molar-refractivity contribution is -0.140. The van der Waals surface area contributed by atoms with Crippen molar-refractivity contribution < 1.29 is 14.6 Å². The molecule has 0 radical (unpaired) electrons. The number of hydrogen-bond donors (Lipinski definition) is 2. The number of carbonyl (C=O) groups is 1. The molecule has 0 bridgehead atoms. The Labute approximate surface area is 119 Å². The zero-order valence-corrected chi connectivity index (χ0v) is 11.8. The van der Waals surface area contributed by atoms with Gasteiger partial charge in [-0.05, 0) is 30.0 Å². The molecule has 0 aromatic heterocycles.